The van der Waals surface area contributed by atoms with E-state index in [9.17, 15) is 0 Å². The third-order valence-corrected chi connectivity index (χ3v) is 4.87. The van der Waals surface area contributed by atoms with E-state index in [0.717, 1.165) is 49.6 Å². The van der Waals surface area contributed by atoms with Gasteiger partial charge in [0.2, 0.25) is 5.90 Å². The van der Waals surface area contributed by atoms with Gasteiger partial charge in [0.1, 0.15) is 5.82 Å². The van der Waals surface area contributed by atoms with Crippen molar-refractivity contribution in [2.75, 3.05) is 45.2 Å². The Hall–Kier alpha value is -2.60. The maximum absolute atomic E-state index is 7.89. The third-order valence-electron chi connectivity index (χ3n) is 4.87. The normalized spacial score (nSPS) is 14.3. The van der Waals surface area contributed by atoms with E-state index < -0.39 is 0 Å². The van der Waals surface area contributed by atoms with Gasteiger partial charge in [0.05, 0.1) is 18.5 Å². The Morgan fingerprint density at radius 3 is 2.89 bits per heavy atom. The number of benzene rings is 1. The van der Waals surface area contributed by atoms with Crippen molar-refractivity contribution in [1.82, 2.24) is 14.9 Å². The number of aromatic nitrogens is 2. The Balaban J connectivity index is 1.52. The van der Waals surface area contributed by atoms with Crippen molar-refractivity contribution >= 4 is 17.7 Å². The minimum Gasteiger partial charge on any atom is -0.478 e. The molecule has 0 saturated carbocycles. The fourth-order valence-corrected chi connectivity index (χ4v) is 3.33. The van der Waals surface area contributed by atoms with Crippen LogP contribution in [0.3, 0.4) is 0 Å². The summed E-state index contributed by atoms with van der Waals surface area (Å²) in [7, 11) is 4.12. The number of unbranched alkanes of at least 4 members (excludes halogenated alkanes) is 1. The molecule has 150 valence electrons. The van der Waals surface area contributed by atoms with Gasteiger partial charge in [-0.1, -0.05) is 12.1 Å². The SMILES string of the molecule is CN(C)CCCCOC(=N)/C=C\c1ncc(-c2cccc(N3CCCC3)c2)[nH]1. The monoisotopic (exact) mass is 381 g/mol. The van der Waals surface area contributed by atoms with Gasteiger partial charge in [-0.15, -0.1) is 0 Å². The molecular formula is C22H31N5O. The van der Waals surface area contributed by atoms with Crippen LogP contribution in [0, 0.1) is 5.41 Å². The van der Waals surface area contributed by atoms with Crippen LogP contribution < -0.4 is 4.90 Å². The van der Waals surface area contributed by atoms with Gasteiger partial charge in [-0.3, -0.25) is 5.41 Å². The highest BCUT2D eigenvalue weighted by atomic mass is 16.5. The molecule has 1 aliphatic rings. The highest BCUT2D eigenvalue weighted by Crippen LogP contribution is 2.26. The maximum atomic E-state index is 7.89. The summed E-state index contributed by atoms with van der Waals surface area (Å²) in [5, 5.41) is 7.89. The van der Waals surface area contributed by atoms with Gasteiger partial charge in [-0.2, -0.15) is 0 Å². The molecular weight excluding hydrogens is 350 g/mol. The molecule has 1 aliphatic heterocycles. The first-order chi connectivity index (χ1) is 13.6. The van der Waals surface area contributed by atoms with E-state index in [1.807, 2.05) is 6.20 Å². The van der Waals surface area contributed by atoms with E-state index in [1.165, 1.54) is 18.5 Å². The summed E-state index contributed by atoms with van der Waals surface area (Å²) >= 11 is 0. The molecule has 1 aromatic heterocycles. The van der Waals surface area contributed by atoms with Crippen molar-refractivity contribution in [1.29, 1.82) is 5.41 Å². The molecule has 6 nitrogen and oxygen atoms in total. The zero-order chi connectivity index (χ0) is 19.8. The van der Waals surface area contributed by atoms with E-state index in [2.05, 4.69) is 58.1 Å². The minimum atomic E-state index is 0.166. The summed E-state index contributed by atoms with van der Waals surface area (Å²) in [4.78, 5) is 12.3. The average Bonchev–Trinajstić information content (AvgIpc) is 3.38. The summed E-state index contributed by atoms with van der Waals surface area (Å²) in [6.45, 7) is 3.89. The minimum absolute atomic E-state index is 0.166. The quantitative estimate of drug-likeness (QED) is 0.391. The Morgan fingerprint density at radius 2 is 2.11 bits per heavy atom. The predicted molar refractivity (Wildman–Crippen MR) is 116 cm³/mol. The summed E-state index contributed by atoms with van der Waals surface area (Å²) in [6.07, 6.45) is 9.84. The van der Waals surface area contributed by atoms with E-state index in [-0.39, 0.29) is 5.90 Å². The van der Waals surface area contributed by atoms with Crippen LogP contribution in [0.1, 0.15) is 31.5 Å². The molecule has 1 aromatic carbocycles. The number of aromatic amines is 1. The van der Waals surface area contributed by atoms with Gasteiger partial charge in [-0.25, -0.2) is 4.98 Å². The molecule has 2 N–H and O–H groups in total. The van der Waals surface area contributed by atoms with Crippen LogP contribution in [-0.2, 0) is 4.74 Å². The van der Waals surface area contributed by atoms with Crippen LogP contribution in [0.25, 0.3) is 17.3 Å². The zero-order valence-corrected chi connectivity index (χ0v) is 16.9. The summed E-state index contributed by atoms with van der Waals surface area (Å²) in [6, 6.07) is 8.58. The Labute approximate surface area is 167 Å². The van der Waals surface area contributed by atoms with Crippen molar-refractivity contribution in [3.05, 3.63) is 42.4 Å². The first-order valence-corrected chi connectivity index (χ1v) is 10.1. The van der Waals surface area contributed by atoms with Crippen LogP contribution in [0.4, 0.5) is 5.69 Å². The zero-order valence-electron chi connectivity index (χ0n) is 16.9. The summed E-state index contributed by atoms with van der Waals surface area (Å²) in [5.41, 5.74) is 3.38. The van der Waals surface area contributed by atoms with E-state index in [4.69, 9.17) is 10.1 Å². The van der Waals surface area contributed by atoms with Crippen LogP contribution >= 0.6 is 0 Å². The van der Waals surface area contributed by atoms with Crippen molar-refractivity contribution in [2.45, 2.75) is 25.7 Å². The number of imidazole rings is 1. The maximum Gasteiger partial charge on any atom is 0.205 e. The van der Waals surface area contributed by atoms with E-state index in [1.54, 1.807) is 12.2 Å². The highest BCUT2D eigenvalue weighted by molar-refractivity contribution is 5.88. The number of nitrogens with one attached hydrogen (secondary N) is 2. The predicted octanol–water partition coefficient (Wildman–Crippen LogP) is 4.03. The van der Waals surface area contributed by atoms with Crippen molar-refractivity contribution in [3.63, 3.8) is 0 Å². The number of hydrogen-bond acceptors (Lipinski definition) is 5. The lowest BCUT2D eigenvalue weighted by molar-refractivity contribution is 0.282. The van der Waals surface area contributed by atoms with Crippen molar-refractivity contribution in [3.8, 4) is 11.3 Å². The Bertz CT molecular complexity index is 790. The number of rotatable bonds is 9. The van der Waals surface area contributed by atoms with Gasteiger partial charge in [0, 0.05) is 30.4 Å². The van der Waals surface area contributed by atoms with Crippen molar-refractivity contribution < 1.29 is 4.74 Å². The summed E-state index contributed by atoms with van der Waals surface area (Å²) < 4.78 is 5.44. The van der Waals surface area contributed by atoms with E-state index >= 15 is 0 Å². The fraction of sp³-hybridized carbons (Fsp3) is 0.455. The molecule has 0 radical (unpaired) electrons. The second kappa shape index (κ2) is 10.1. The standard InChI is InChI=1S/C22H31N5O/c1-26(2)12-5-6-15-28-21(23)10-11-22-24-17-20(25-22)18-8-7-9-19(16-18)27-13-3-4-14-27/h7-11,16-17,23H,3-6,12-15H2,1-2H3,(H,24,25)/b11-10-,23-21?. The topological polar surface area (TPSA) is 68.2 Å². The highest BCUT2D eigenvalue weighted by Gasteiger charge is 2.13. The van der Waals surface area contributed by atoms with Gasteiger partial charge in [0.25, 0.3) is 0 Å². The van der Waals surface area contributed by atoms with Crippen LogP contribution in [0.15, 0.2) is 36.5 Å². The largest absolute Gasteiger partial charge is 0.478 e. The van der Waals surface area contributed by atoms with Gasteiger partial charge in [0.15, 0.2) is 0 Å². The molecule has 2 heterocycles. The van der Waals surface area contributed by atoms with Gasteiger partial charge < -0.3 is 19.5 Å². The average molecular weight is 382 g/mol. The molecule has 28 heavy (non-hydrogen) atoms. The van der Waals surface area contributed by atoms with Crippen molar-refractivity contribution in [2.24, 2.45) is 0 Å². The van der Waals surface area contributed by atoms with Gasteiger partial charge >= 0.3 is 0 Å². The Kier molecular flexibility index (Phi) is 7.25. The molecule has 1 fully saturated rings. The molecule has 0 aliphatic carbocycles. The molecule has 2 aromatic rings. The number of H-pyrrole nitrogens is 1. The fourth-order valence-electron chi connectivity index (χ4n) is 3.33. The smallest absolute Gasteiger partial charge is 0.205 e. The first-order valence-electron chi connectivity index (χ1n) is 10.1. The Morgan fingerprint density at radius 1 is 1.29 bits per heavy atom. The lowest BCUT2D eigenvalue weighted by Gasteiger charge is -2.18. The van der Waals surface area contributed by atoms with Crippen LogP contribution in [0.2, 0.25) is 0 Å². The van der Waals surface area contributed by atoms with Crippen LogP contribution in [0.5, 0.6) is 0 Å². The number of nitrogens with zero attached hydrogens (tertiary/aromatic N) is 3. The van der Waals surface area contributed by atoms with E-state index in [0.29, 0.717) is 6.61 Å². The van der Waals surface area contributed by atoms with Crippen LogP contribution in [-0.4, -0.2) is 61.1 Å². The number of anilines is 1. The molecule has 0 unspecified atom stereocenters. The lowest BCUT2D eigenvalue weighted by Crippen LogP contribution is -2.17. The third kappa shape index (κ3) is 5.96. The molecule has 0 amide bonds. The first kappa shape index (κ1) is 20.1. The molecule has 6 heteroatoms. The lowest BCUT2D eigenvalue weighted by atomic mass is 10.1. The molecule has 0 spiro atoms. The molecule has 0 bridgehead atoms. The molecule has 0 atom stereocenters. The second-order valence-electron chi connectivity index (χ2n) is 7.48. The number of hydrogen-bond donors (Lipinski definition) is 2. The van der Waals surface area contributed by atoms with Gasteiger partial charge in [-0.05, 0) is 64.5 Å². The molecule has 1 saturated heterocycles. The second-order valence-corrected chi connectivity index (χ2v) is 7.48. The summed E-state index contributed by atoms with van der Waals surface area (Å²) in [5.74, 6) is 0.890. The molecule has 3 rings (SSSR count). The number of ether oxygens (including phenoxy) is 1.